The van der Waals surface area contributed by atoms with Crippen molar-refractivity contribution < 1.29 is 9.53 Å². The summed E-state index contributed by atoms with van der Waals surface area (Å²) >= 11 is 0. The lowest BCUT2D eigenvalue weighted by Gasteiger charge is -2.30. The van der Waals surface area contributed by atoms with Crippen LogP contribution < -0.4 is 10.5 Å². The molecule has 0 bridgehead atoms. The molecule has 1 aromatic carbocycles. The first kappa shape index (κ1) is 15.5. The molecule has 0 aliphatic heterocycles. The second-order valence-corrected chi connectivity index (χ2v) is 5.13. The lowest BCUT2D eigenvalue weighted by molar-refractivity contribution is -0.140. The van der Waals surface area contributed by atoms with E-state index in [9.17, 15) is 4.79 Å². The van der Waals surface area contributed by atoms with Crippen molar-refractivity contribution in [1.82, 2.24) is 4.90 Å². The standard InChI is InChI=1S/C15H24N2O2/c1-5-15(2,11-16)14(18)17(3)10-12-7-6-8-13(9-12)19-4/h6-9H,5,10-11,16H2,1-4H3. The number of carbonyl (C=O) groups is 1. The molecule has 0 saturated carbocycles. The third-order valence-corrected chi connectivity index (χ3v) is 3.65. The van der Waals surface area contributed by atoms with Crippen LogP contribution in [0.2, 0.25) is 0 Å². The van der Waals surface area contributed by atoms with Gasteiger partial charge in [0.1, 0.15) is 5.75 Å². The van der Waals surface area contributed by atoms with Crippen LogP contribution >= 0.6 is 0 Å². The number of carbonyl (C=O) groups excluding carboxylic acids is 1. The van der Waals surface area contributed by atoms with E-state index in [-0.39, 0.29) is 5.91 Å². The highest BCUT2D eigenvalue weighted by atomic mass is 16.5. The fourth-order valence-corrected chi connectivity index (χ4v) is 1.96. The van der Waals surface area contributed by atoms with Crippen LogP contribution in [0.4, 0.5) is 0 Å². The molecule has 0 aromatic heterocycles. The zero-order valence-corrected chi connectivity index (χ0v) is 12.3. The summed E-state index contributed by atoms with van der Waals surface area (Å²) in [5, 5.41) is 0. The minimum absolute atomic E-state index is 0.0836. The maximum absolute atomic E-state index is 12.4. The molecule has 0 fully saturated rings. The lowest BCUT2D eigenvalue weighted by Crippen LogP contribution is -2.44. The second kappa shape index (κ2) is 6.57. The number of methoxy groups -OCH3 is 1. The first-order valence-corrected chi connectivity index (χ1v) is 6.55. The molecule has 2 N–H and O–H groups in total. The molecule has 0 spiro atoms. The molecule has 4 heteroatoms. The fraction of sp³-hybridized carbons (Fsp3) is 0.533. The highest BCUT2D eigenvalue weighted by molar-refractivity contribution is 5.82. The summed E-state index contributed by atoms with van der Waals surface area (Å²) in [7, 11) is 3.45. The molecule has 1 atom stereocenters. The minimum atomic E-state index is -0.479. The first-order valence-electron chi connectivity index (χ1n) is 6.55. The number of amides is 1. The van der Waals surface area contributed by atoms with E-state index in [0.717, 1.165) is 17.7 Å². The van der Waals surface area contributed by atoms with Gasteiger partial charge < -0.3 is 15.4 Å². The van der Waals surface area contributed by atoms with Gasteiger partial charge in [0.25, 0.3) is 0 Å². The molecule has 1 aromatic rings. The first-order chi connectivity index (χ1) is 8.96. The Kier molecular flexibility index (Phi) is 5.36. The van der Waals surface area contributed by atoms with E-state index in [2.05, 4.69) is 0 Å². The zero-order valence-electron chi connectivity index (χ0n) is 12.3. The predicted molar refractivity (Wildman–Crippen MR) is 76.9 cm³/mol. The van der Waals surface area contributed by atoms with Crippen molar-refractivity contribution in [3.63, 3.8) is 0 Å². The molecular formula is C15H24N2O2. The molecule has 1 unspecified atom stereocenters. The quantitative estimate of drug-likeness (QED) is 0.855. The number of benzene rings is 1. The smallest absolute Gasteiger partial charge is 0.229 e. The van der Waals surface area contributed by atoms with E-state index in [1.54, 1.807) is 12.0 Å². The van der Waals surface area contributed by atoms with E-state index in [0.29, 0.717) is 13.1 Å². The topological polar surface area (TPSA) is 55.6 Å². The zero-order chi connectivity index (χ0) is 14.5. The Labute approximate surface area is 115 Å². The average molecular weight is 264 g/mol. The van der Waals surface area contributed by atoms with Crippen molar-refractivity contribution in [3.8, 4) is 5.75 Å². The van der Waals surface area contributed by atoms with E-state index < -0.39 is 5.41 Å². The number of hydrogen-bond donors (Lipinski definition) is 1. The summed E-state index contributed by atoms with van der Waals surface area (Å²) in [6, 6.07) is 7.74. The van der Waals surface area contributed by atoms with Crippen molar-refractivity contribution >= 4 is 5.91 Å². The van der Waals surface area contributed by atoms with E-state index >= 15 is 0 Å². The highest BCUT2D eigenvalue weighted by Gasteiger charge is 2.32. The van der Waals surface area contributed by atoms with Gasteiger partial charge in [-0.2, -0.15) is 0 Å². The fourth-order valence-electron chi connectivity index (χ4n) is 1.96. The Balaban J connectivity index is 2.78. The van der Waals surface area contributed by atoms with Crippen LogP contribution in [0.5, 0.6) is 5.75 Å². The molecule has 1 rings (SSSR count). The summed E-state index contributed by atoms with van der Waals surface area (Å²) in [6.45, 7) is 4.83. The molecule has 0 saturated heterocycles. The SMILES string of the molecule is CCC(C)(CN)C(=O)N(C)Cc1cccc(OC)c1. The lowest BCUT2D eigenvalue weighted by atomic mass is 9.86. The highest BCUT2D eigenvalue weighted by Crippen LogP contribution is 2.23. The predicted octanol–water partition coefficient (Wildman–Crippen LogP) is 2.03. The van der Waals surface area contributed by atoms with Gasteiger partial charge in [-0.3, -0.25) is 4.79 Å². The molecule has 1 amide bonds. The second-order valence-electron chi connectivity index (χ2n) is 5.13. The van der Waals surface area contributed by atoms with Crippen LogP contribution in [-0.2, 0) is 11.3 Å². The van der Waals surface area contributed by atoms with Crippen molar-refractivity contribution in [2.45, 2.75) is 26.8 Å². The van der Waals surface area contributed by atoms with Gasteiger partial charge in [0.2, 0.25) is 5.91 Å². The van der Waals surface area contributed by atoms with Gasteiger partial charge in [-0.15, -0.1) is 0 Å². The van der Waals surface area contributed by atoms with Crippen LogP contribution in [0.25, 0.3) is 0 Å². The maximum Gasteiger partial charge on any atom is 0.229 e. The van der Waals surface area contributed by atoms with Crippen LogP contribution in [-0.4, -0.2) is 31.5 Å². The Morgan fingerprint density at radius 2 is 2.16 bits per heavy atom. The third kappa shape index (κ3) is 3.70. The number of ether oxygens (including phenoxy) is 1. The Morgan fingerprint density at radius 3 is 2.68 bits per heavy atom. The average Bonchev–Trinajstić information content (AvgIpc) is 2.45. The molecule has 4 nitrogen and oxygen atoms in total. The normalized spacial score (nSPS) is 13.7. The van der Waals surface area contributed by atoms with E-state index in [4.69, 9.17) is 10.5 Å². The van der Waals surface area contributed by atoms with Crippen molar-refractivity contribution in [3.05, 3.63) is 29.8 Å². The van der Waals surface area contributed by atoms with Crippen molar-refractivity contribution in [2.24, 2.45) is 11.1 Å². The van der Waals surface area contributed by atoms with Crippen LogP contribution in [0.15, 0.2) is 24.3 Å². The van der Waals surface area contributed by atoms with Crippen LogP contribution in [0, 0.1) is 5.41 Å². The summed E-state index contributed by atoms with van der Waals surface area (Å²) < 4.78 is 5.18. The Hall–Kier alpha value is -1.55. The van der Waals surface area contributed by atoms with Gasteiger partial charge in [0, 0.05) is 20.1 Å². The molecule has 0 aliphatic rings. The maximum atomic E-state index is 12.4. The molecule has 0 aliphatic carbocycles. The monoisotopic (exact) mass is 264 g/mol. The summed E-state index contributed by atoms with van der Waals surface area (Å²) in [4.78, 5) is 14.1. The van der Waals surface area contributed by atoms with Crippen LogP contribution in [0.3, 0.4) is 0 Å². The third-order valence-electron chi connectivity index (χ3n) is 3.65. The van der Waals surface area contributed by atoms with Crippen molar-refractivity contribution in [2.75, 3.05) is 20.7 Å². The summed E-state index contributed by atoms with van der Waals surface area (Å²) in [5.74, 6) is 0.885. The summed E-state index contributed by atoms with van der Waals surface area (Å²) in [5.41, 5.74) is 6.30. The van der Waals surface area contributed by atoms with Gasteiger partial charge >= 0.3 is 0 Å². The van der Waals surface area contributed by atoms with Gasteiger partial charge in [-0.1, -0.05) is 19.1 Å². The molecule has 0 radical (unpaired) electrons. The molecular weight excluding hydrogens is 240 g/mol. The number of rotatable bonds is 6. The Bertz CT molecular complexity index is 428. The number of nitrogens with zero attached hydrogens (tertiary/aromatic N) is 1. The van der Waals surface area contributed by atoms with E-state index in [1.165, 1.54) is 0 Å². The molecule has 0 heterocycles. The van der Waals surface area contributed by atoms with Crippen molar-refractivity contribution in [1.29, 1.82) is 0 Å². The van der Waals surface area contributed by atoms with Gasteiger partial charge in [0.15, 0.2) is 0 Å². The number of nitrogens with two attached hydrogens (primary N) is 1. The van der Waals surface area contributed by atoms with Gasteiger partial charge in [-0.05, 0) is 31.0 Å². The van der Waals surface area contributed by atoms with Crippen LogP contribution in [0.1, 0.15) is 25.8 Å². The minimum Gasteiger partial charge on any atom is -0.497 e. The summed E-state index contributed by atoms with van der Waals surface area (Å²) in [6.07, 6.45) is 0.741. The molecule has 106 valence electrons. The van der Waals surface area contributed by atoms with Gasteiger partial charge in [-0.25, -0.2) is 0 Å². The number of hydrogen-bond acceptors (Lipinski definition) is 3. The van der Waals surface area contributed by atoms with E-state index in [1.807, 2.05) is 45.2 Å². The Morgan fingerprint density at radius 1 is 1.47 bits per heavy atom. The molecule has 19 heavy (non-hydrogen) atoms. The van der Waals surface area contributed by atoms with Gasteiger partial charge in [0.05, 0.1) is 12.5 Å². The largest absolute Gasteiger partial charge is 0.497 e.